The molecule has 17 heavy (non-hydrogen) atoms. The summed E-state index contributed by atoms with van der Waals surface area (Å²) in [4.78, 5) is 11.7. The summed E-state index contributed by atoms with van der Waals surface area (Å²) >= 11 is 6.14. The predicted molar refractivity (Wildman–Crippen MR) is 55.4 cm³/mol. The first-order chi connectivity index (χ1) is 7.76. The Morgan fingerprint density at radius 1 is 1.35 bits per heavy atom. The predicted octanol–water partition coefficient (Wildman–Crippen LogP) is -1.54. The Balaban J connectivity index is 0.00000256. The summed E-state index contributed by atoms with van der Waals surface area (Å²) in [6.07, 6.45) is 0.158. The molecule has 0 aliphatic rings. The van der Waals surface area contributed by atoms with Crippen molar-refractivity contribution in [3.63, 3.8) is 0 Å². The summed E-state index contributed by atoms with van der Waals surface area (Å²) in [7, 11) is 0. The number of alkyl halides is 1. The Morgan fingerprint density at radius 3 is 2.53 bits per heavy atom. The molecule has 0 aromatic heterocycles. The Bertz CT molecular complexity index is 335. The van der Waals surface area contributed by atoms with Gasteiger partial charge in [0, 0.05) is 10.8 Å². The summed E-state index contributed by atoms with van der Waals surface area (Å²) in [6, 6.07) is 6.38. The maximum Gasteiger partial charge on any atom is 1.00 e. The molecule has 88 valence electrons. The van der Waals surface area contributed by atoms with Crippen LogP contribution in [0.25, 0.3) is 0 Å². The molecule has 0 unspecified atom stereocenters. The van der Waals surface area contributed by atoms with E-state index in [9.17, 15) is 10.1 Å². The summed E-state index contributed by atoms with van der Waals surface area (Å²) in [5.74, 6) is 0.235. The summed E-state index contributed by atoms with van der Waals surface area (Å²) in [5, 5.41) is 12.7. The molecule has 0 spiro atoms. The van der Waals surface area contributed by atoms with Gasteiger partial charge >= 0.3 is 35.5 Å². The molecular weight excluding hydrogens is 279 g/mol. The zero-order chi connectivity index (χ0) is 11.8. The number of hydrogen-bond donors (Lipinski definition) is 0. The average molecular weight is 287 g/mol. The van der Waals surface area contributed by atoms with Crippen LogP contribution in [0.5, 0.6) is 5.75 Å². The first-order valence-corrected chi connectivity index (χ1v) is 5.53. The molecule has 0 saturated heterocycles. The van der Waals surface area contributed by atoms with E-state index in [-0.39, 0.29) is 41.9 Å². The van der Waals surface area contributed by atoms with Crippen LogP contribution in [0.4, 0.5) is 0 Å². The fourth-order valence-corrected chi connectivity index (χ4v) is 1.38. The van der Waals surface area contributed by atoms with E-state index in [1.165, 1.54) is 0 Å². The van der Waals surface area contributed by atoms with Crippen LogP contribution in [0.15, 0.2) is 29.2 Å². The summed E-state index contributed by atoms with van der Waals surface area (Å²) in [6.45, 7) is 0. The maximum absolute atomic E-state index is 11.1. The van der Waals surface area contributed by atoms with Crippen LogP contribution in [0, 0.1) is 0 Å². The third-order valence-electron chi connectivity index (χ3n) is 1.51. The third-order valence-corrected chi connectivity index (χ3v) is 2.29. The van der Waals surface area contributed by atoms with Gasteiger partial charge in [-0.3, -0.25) is 9.83 Å². The van der Waals surface area contributed by atoms with Crippen molar-refractivity contribution in [2.45, 2.75) is 11.3 Å². The van der Waals surface area contributed by atoms with Crippen LogP contribution in [-0.4, -0.2) is 11.8 Å². The largest absolute Gasteiger partial charge is 1.00 e. The molecule has 0 saturated carbocycles. The smallest absolute Gasteiger partial charge is 0.691 e. The van der Waals surface area contributed by atoms with Crippen LogP contribution >= 0.6 is 23.6 Å². The second-order valence-electron chi connectivity index (χ2n) is 2.60. The summed E-state index contributed by atoms with van der Waals surface area (Å²) < 4.78 is 9.06. The molecule has 0 atom stereocenters. The van der Waals surface area contributed by atoms with Crippen molar-refractivity contribution in [2.75, 3.05) is 5.88 Å². The van der Waals surface area contributed by atoms with E-state index in [0.29, 0.717) is 10.6 Å². The van der Waals surface area contributed by atoms with Crippen LogP contribution in [0.3, 0.4) is 0 Å². The van der Waals surface area contributed by atoms with Crippen molar-refractivity contribution in [2.24, 2.45) is 0 Å². The first-order valence-electron chi connectivity index (χ1n) is 4.26. The van der Waals surface area contributed by atoms with Gasteiger partial charge in [-0.1, -0.05) is 0 Å². The van der Waals surface area contributed by atoms with Gasteiger partial charge in [0.2, 0.25) is 0 Å². The fraction of sp³-hybridized carbons (Fsp3) is 0.222. The summed E-state index contributed by atoms with van der Waals surface area (Å²) in [5.41, 5.74) is 0. The van der Waals surface area contributed by atoms with Gasteiger partial charge in [0.25, 0.3) is 0 Å². The minimum absolute atomic E-state index is 0. The van der Waals surface area contributed by atoms with Crippen molar-refractivity contribution in [3.8, 4) is 5.75 Å². The molecular formula is C9H8ClNaO5S. The van der Waals surface area contributed by atoms with Gasteiger partial charge in [-0.25, -0.2) is 0 Å². The van der Waals surface area contributed by atoms with E-state index >= 15 is 0 Å². The third kappa shape index (κ3) is 7.28. The molecule has 0 aliphatic heterocycles. The maximum atomic E-state index is 11.1. The van der Waals surface area contributed by atoms with E-state index in [4.69, 9.17) is 16.3 Å². The SMILES string of the molecule is O=C(CCCl)Oc1ccc(SOO[O-])cc1.[Na+]. The quantitative estimate of drug-likeness (QED) is 0.120. The molecule has 8 heteroatoms. The molecule has 0 N–H and O–H groups in total. The van der Waals surface area contributed by atoms with Crippen molar-refractivity contribution in [3.05, 3.63) is 24.3 Å². The van der Waals surface area contributed by atoms with Gasteiger partial charge in [-0.15, -0.1) is 11.6 Å². The number of halogens is 1. The van der Waals surface area contributed by atoms with Gasteiger partial charge < -0.3 is 9.99 Å². The van der Waals surface area contributed by atoms with E-state index in [2.05, 4.69) is 9.37 Å². The Kier molecular flexibility index (Phi) is 10.3. The van der Waals surface area contributed by atoms with E-state index in [0.717, 1.165) is 12.0 Å². The molecule has 1 aromatic rings. The van der Waals surface area contributed by atoms with Crippen molar-refractivity contribution in [1.29, 1.82) is 0 Å². The van der Waals surface area contributed by atoms with Gasteiger partial charge in [0.05, 0.1) is 18.5 Å². The minimum Gasteiger partial charge on any atom is -0.691 e. The minimum atomic E-state index is -0.394. The van der Waals surface area contributed by atoms with Crippen LogP contribution in [-0.2, 0) is 14.2 Å². The van der Waals surface area contributed by atoms with Gasteiger partial charge in [0.15, 0.2) is 0 Å². The molecule has 1 rings (SSSR count). The second-order valence-corrected chi connectivity index (χ2v) is 3.76. The van der Waals surface area contributed by atoms with Gasteiger partial charge in [-0.05, 0) is 24.3 Å². The Labute approximate surface area is 130 Å². The monoisotopic (exact) mass is 286 g/mol. The number of carbonyl (C=O) groups is 1. The zero-order valence-electron chi connectivity index (χ0n) is 9.05. The van der Waals surface area contributed by atoms with Gasteiger partial charge in [0.1, 0.15) is 5.75 Å². The van der Waals surface area contributed by atoms with Crippen molar-refractivity contribution in [1.82, 2.24) is 0 Å². The zero-order valence-corrected chi connectivity index (χ0v) is 12.6. The second kappa shape index (κ2) is 10.2. The topological polar surface area (TPSA) is 67.8 Å². The molecule has 0 bridgehead atoms. The molecule has 1 aromatic carbocycles. The molecule has 0 heterocycles. The molecule has 0 aliphatic carbocycles. The number of ether oxygens (including phenoxy) is 1. The Hall–Kier alpha value is 0.210. The van der Waals surface area contributed by atoms with E-state index < -0.39 is 5.97 Å². The number of esters is 1. The van der Waals surface area contributed by atoms with Crippen LogP contribution in [0.2, 0.25) is 0 Å². The molecule has 0 radical (unpaired) electrons. The number of hydrogen-bond acceptors (Lipinski definition) is 6. The van der Waals surface area contributed by atoms with Crippen molar-refractivity contribution < 1.29 is 53.7 Å². The van der Waals surface area contributed by atoms with Crippen LogP contribution in [0.1, 0.15) is 6.42 Å². The normalized spacial score (nSPS) is 9.53. The van der Waals surface area contributed by atoms with E-state index in [1.807, 2.05) is 0 Å². The number of benzene rings is 1. The molecule has 0 fully saturated rings. The fourth-order valence-electron chi connectivity index (χ4n) is 0.876. The van der Waals surface area contributed by atoms with Gasteiger partial charge in [-0.2, -0.15) is 4.33 Å². The average Bonchev–Trinajstić information content (AvgIpc) is 2.28. The number of rotatable bonds is 6. The standard InChI is InChI=1S/C9H9ClO5S.Na/c10-6-5-9(11)13-7-1-3-8(4-2-7)16-15-14-12;/h1-4,12H,5-6H2;/q;+1/p-1. The van der Waals surface area contributed by atoms with Crippen molar-refractivity contribution >= 4 is 29.6 Å². The number of carbonyl (C=O) groups excluding carboxylic acids is 1. The molecule has 0 amide bonds. The Morgan fingerprint density at radius 2 is 2.00 bits per heavy atom. The molecule has 5 nitrogen and oxygen atoms in total. The van der Waals surface area contributed by atoms with E-state index in [1.54, 1.807) is 24.3 Å². The van der Waals surface area contributed by atoms with Crippen LogP contribution < -0.4 is 39.6 Å². The first kappa shape index (κ1) is 17.2.